The van der Waals surface area contributed by atoms with E-state index in [0.29, 0.717) is 16.3 Å². The van der Waals surface area contributed by atoms with Crippen molar-refractivity contribution in [3.05, 3.63) is 28.8 Å². The van der Waals surface area contributed by atoms with Crippen LogP contribution in [0.4, 0.5) is 5.69 Å². The quantitative estimate of drug-likeness (QED) is 0.347. The smallest absolute Gasteiger partial charge is 0.230 e. The van der Waals surface area contributed by atoms with Crippen LogP contribution in [0.1, 0.15) is 38.2 Å². The molecule has 5 nitrogen and oxygen atoms in total. The maximum absolute atomic E-state index is 12.4. The van der Waals surface area contributed by atoms with Gasteiger partial charge in [-0.05, 0) is 31.0 Å². The fourth-order valence-electron chi connectivity index (χ4n) is 2.49. The second kappa shape index (κ2) is 5.71. The largest absolute Gasteiger partial charge is 0.409 e. The zero-order chi connectivity index (χ0) is 14.8. The molecule has 4 N–H and O–H groups in total. The van der Waals surface area contributed by atoms with Crippen molar-refractivity contribution in [1.29, 1.82) is 0 Å². The third-order valence-electron chi connectivity index (χ3n) is 3.87. The zero-order valence-electron chi connectivity index (χ0n) is 11.3. The molecule has 1 aliphatic carbocycles. The minimum atomic E-state index is -0.337. The van der Waals surface area contributed by atoms with Crippen LogP contribution < -0.4 is 11.1 Å². The average Bonchev–Trinajstić information content (AvgIpc) is 2.88. The molecule has 0 spiro atoms. The minimum absolute atomic E-state index is 0.0238. The predicted octanol–water partition coefficient (Wildman–Crippen LogP) is 2.95. The van der Waals surface area contributed by atoms with E-state index in [9.17, 15) is 4.79 Å². The summed E-state index contributed by atoms with van der Waals surface area (Å²) in [5.74, 6) is -0.0576. The van der Waals surface area contributed by atoms with Gasteiger partial charge in [0.2, 0.25) is 5.91 Å². The van der Waals surface area contributed by atoms with Crippen molar-refractivity contribution in [1.82, 2.24) is 0 Å². The Morgan fingerprint density at radius 2 is 2.10 bits per heavy atom. The van der Waals surface area contributed by atoms with Crippen LogP contribution in [0, 0.1) is 5.41 Å². The number of halogens is 1. The van der Waals surface area contributed by atoms with E-state index in [0.717, 1.165) is 25.7 Å². The molecule has 0 bridgehead atoms. The molecule has 0 radical (unpaired) electrons. The van der Waals surface area contributed by atoms with E-state index in [1.54, 1.807) is 18.2 Å². The lowest BCUT2D eigenvalue weighted by Crippen LogP contribution is -2.31. The van der Waals surface area contributed by atoms with Crippen molar-refractivity contribution in [2.75, 3.05) is 5.32 Å². The molecule has 0 saturated heterocycles. The Hall–Kier alpha value is -1.75. The fraction of sp³-hybridized carbons (Fsp3) is 0.429. The van der Waals surface area contributed by atoms with Crippen molar-refractivity contribution < 1.29 is 10.0 Å². The maximum Gasteiger partial charge on any atom is 0.230 e. The van der Waals surface area contributed by atoms with Gasteiger partial charge in [-0.1, -0.05) is 36.5 Å². The Morgan fingerprint density at radius 1 is 1.45 bits per heavy atom. The summed E-state index contributed by atoms with van der Waals surface area (Å²) in [4.78, 5) is 12.4. The molecule has 0 heterocycles. The van der Waals surface area contributed by atoms with Gasteiger partial charge in [0, 0.05) is 11.0 Å². The molecule has 1 aromatic rings. The Bertz CT molecular complexity index is 551. The number of carbonyl (C=O) groups is 1. The standard InChI is InChI=1S/C14H18ClN3O2/c1-14(6-2-3-7-14)13(19)17-11-8-9(12(16)18-20)4-5-10(11)15/h4-5,8,20H,2-3,6-7H2,1H3,(H2,16,18)(H,17,19). The van der Waals surface area contributed by atoms with Gasteiger partial charge in [-0.3, -0.25) is 4.79 Å². The number of benzene rings is 1. The number of nitrogens with one attached hydrogen (secondary N) is 1. The second-order valence-electron chi connectivity index (χ2n) is 5.40. The van der Waals surface area contributed by atoms with E-state index in [1.165, 1.54) is 0 Å². The molecule has 20 heavy (non-hydrogen) atoms. The number of hydrogen-bond donors (Lipinski definition) is 3. The van der Waals surface area contributed by atoms with Crippen molar-refractivity contribution >= 4 is 29.0 Å². The molecule has 0 aromatic heterocycles. The first-order valence-corrected chi connectivity index (χ1v) is 6.93. The first kappa shape index (κ1) is 14.7. The molecule has 1 fully saturated rings. The Labute approximate surface area is 122 Å². The highest BCUT2D eigenvalue weighted by molar-refractivity contribution is 6.34. The van der Waals surface area contributed by atoms with Crippen LogP contribution >= 0.6 is 11.6 Å². The lowest BCUT2D eigenvalue weighted by molar-refractivity contribution is -0.124. The maximum atomic E-state index is 12.4. The summed E-state index contributed by atoms with van der Waals surface area (Å²) in [6.45, 7) is 1.97. The number of nitrogens with zero attached hydrogens (tertiary/aromatic N) is 1. The number of amides is 1. The monoisotopic (exact) mass is 295 g/mol. The first-order chi connectivity index (χ1) is 9.46. The van der Waals surface area contributed by atoms with E-state index < -0.39 is 0 Å². The summed E-state index contributed by atoms with van der Waals surface area (Å²) < 4.78 is 0. The van der Waals surface area contributed by atoms with Gasteiger partial charge in [0.05, 0.1) is 10.7 Å². The summed E-state index contributed by atoms with van der Waals surface area (Å²) >= 11 is 6.08. The van der Waals surface area contributed by atoms with Gasteiger partial charge in [-0.25, -0.2) is 0 Å². The van der Waals surface area contributed by atoms with Crippen molar-refractivity contribution in [3.8, 4) is 0 Å². The molecule has 2 rings (SSSR count). The van der Waals surface area contributed by atoms with Crippen LogP contribution in [0.2, 0.25) is 5.02 Å². The summed E-state index contributed by atoms with van der Waals surface area (Å²) in [6.07, 6.45) is 3.91. The van der Waals surface area contributed by atoms with E-state index in [-0.39, 0.29) is 17.2 Å². The molecule has 1 aromatic carbocycles. The van der Waals surface area contributed by atoms with Crippen LogP contribution in [0.25, 0.3) is 0 Å². The average molecular weight is 296 g/mol. The Kier molecular flexibility index (Phi) is 4.18. The van der Waals surface area contributed by atoms with Gasteiger partial charge < -0.3 is 16.3 Å². The molecule has 0 atom stereocenters. The lowest BCUT2D eigenvalue weighted by Gasteiger charge is -2.22. The SMILES string of the molecule is CC1(C(=O)Nc2cc(/C(N)=N/O)ccc2Cl)CCCC1. The number of anilines is 1. The highest BCUT2D eigenvalue weighted by atomic mass is 35.5. The number of amidine groups is 1. The van der Waals surface area contributed by atoms with Crippen LogP contribution in [-0.4, -0.2) is 17.0 Å². The number of oxime groups is 1. The van der Waals surface area contributed by atoms with Gasteiger partial charge >= 0.3 is 0 Å². The topological polar surface area (TPSA) is 87.7 Å². The molecule has 1 amide bonds. The van der Waals surface area contributed by atoms with Crippen molar-refractivity contribution in [2.45, 2.75) is 32.6 Å². The molecule has 108 valence electrons. The molecular formula is C14H18ClN3O2. The highest BCUT2D eigenvalue weighted by Crippen LogP contribution is 2.39. The summed E-state index contributed by atoms with van der Waals surface area (Å²) in [5, 5.41) is 14.9. The van der Waals surface area contributed by atoms with Gasteiger partial charge in [0.15, 0.2) is 5.84 Å². The number of rotatable bonds is 3. The molecule has 0 aliphatic heterocycles. The van der Waals surface area contributed by atoms with Gasteiger partial charge in [0.1, 0.15) is 0 Å². The summed E-state index contributed by atoms with van der Waals surface area (Å²) in [6, 6.07) is 4.85. The third kappa shape index (κ3) is 2.88. The van der Waals surface area contributed by atoms with Gasteiger partial charge in [-0.15, -0.1) is 0 Å². The molecule has 1 saturated carbocycles. The van der Waals surface area contributed by atoms with Crippen molar-refractivity contribution in [3.63, 3.8) is 0 Å². The first-order valence-electron chi connectivity index (χ1n) is 6.55. The second-order valence-corrected chi connectivity index (χ2v) is 5.81. The summed E-state index contributed by atoms with van der Waals surface area (Å²) in [7, 11) is 0. The number of hydrogen-bond acceptors (Lipinski definition) is 3. The molecular weight excluding hydrogens is 278 g/mol. The molecule has 1 aliphatic rings. The Balaban J connectivity index is 2.22. The van der Waals surface area contributed by atoms with Crippen molar-refractivity contribution in [2.24, 2.45) is 16.3 Å². The van der Waals surface area contributed by atoms with E-state index in [1.807, 2.05) is 6.92 Å². The number of nitrogens with two attached hydrogens (primary N) is 1. The van der Waals surface area contributed by atoms with Crippen LogP contribution in [0.3, 0.4) is 0 Å². The lowest BCUT2D eigenvalue weighted by atomic mass is 9.88. The van der Waals surface area contributed by atoms with Gasteiger partial charge in [-0.2, -0.15) is 0 Å². The normalized spacial score (nSPS) is 18.0. The van der Waals surface area contributed by atoms with E-state index >= 15 is 0 Å². The van der Waals surface area contributed by atoms with Crippen LogP contribution in [0.5, 0.6) is 0 Å². The zero-order valence-corrected chi connectivity index (χ0v) is 12.1. The molecule has 6 heteroatoms. The van der Waals surface area contributed by atoms with Crippen LogP contribution in [-0.2, 0) is 4.79 Å². The summed E-state index contributed by atoms with van der Waals surface area (Å²) in [5.41, 5.74) is 6.18. The van der Waals surface area contributed by atoms with E-state index in [4.69, 9.17) is 22.5 Å². The predicted molar refractivity (Wildman–Crippen MR) is 79.2 cm³/mol. The van der Waals surface area contributed by atoms with E-state index in [2.05, 4.69) is 10.5 Å². The third-order valence-corrected chi connectivity index (χ3v) is 4.20. The fourth-order valence-corrected chi connectivity index (χ4v) is 2.66. The van der Waals surface area contributed by atoms with Gasteiger partial charge in [0.25, 0.3) is 0 Å². The van der Waals surface area contributed by atoms with Crippen LogP contribution in [0.15, 0.2) is 23.4 Å². The minimum Gasteiger partial charge on any atom is -0.409 e. The highest BCUT2D eigenvalue weighted by Gasteiger charge is 2.36. The Morgan fingerprint density at radius 3 is 2.70 bits per heavy atom. The number of carbonyl (C=O) groups excluding carboxylic acids is 1. The molecule has 0 unspecified atom stereocenters.